The quantitative estimate of drug-likeness (QED) is 0.907. The van der Waals surface area contributed by atoms with Crippen LogP contribution in [0.3, 0.4) is 0 Å². The van der Waals surface area contributed by atoms with E-state index in [4.69, 9.17) is 9.15 Å². The summed E-state index contributed by atoms with van der Waals surface area (Å²) < 4.78 is 10.9. The van der Waals surface area contributed by atoms with Crippen LogP contribution in [0.15, 0.2) is 34.7 Å². The van der Waals surface area contributed by atoms with Crippen molar-refractivity contribution >= 4 is 11.6 Å². The Kier molecular flexibility index (Phi) is 3.66. The average molecular weight is 286 g/mol. The number of fused-ring (bicyclic) bond motifs is 1. The van der Waals surface area contributed by atoms with Gasteiger partial charge in [-0.3, -0.25) is 4.79 Å². The van der Waals surface area contributed by atoms with E-state index >= 15 is 0 Å². The maximum absolute atomic E-state index is 11.4. The molecule has 110 valence electrons. The van der Waals surface area contributed by atoms with Crippen LogP contribution in [-0.4, -0.2) is 12.5 Å². The molecule has 1 atom stereocenters. The Morgan fingerprint density at radius 2 is 2.19 bits per heavy atom. The van der Waals surface area contributed by atoms with Gasteiger partial charge in [-0.15, -0.1) is 0 Å². The normalized spacial score (nSPS) is 15.0. The van der Waals surface area contributed by atoms with Crippen molar-refractivity contribution in [3.05, 3.63) is 47.4 Å². The zero-order valence-corrected chi connectivity index (χ0v) is 12.1. The van der Waals surface area contributed by atoms with E-state index in [2.05, 4.69) is 17.6 Å². The molecule has 5 heteroatoms. The fourth-order valence-corrected chi connectivity index (χ4v) is 2.32. The summed E-state index contributed by atoms with van der Waals surface area (Å²) in [6.45, 7) is 4.75. The Balaban J connectivity index is 1.68. The van der Waals surface area contributed by atoms with Gasteiger partial charge >= 0.3 is 0 Å². The van der Waals surface area contributed by atoms with Gasteiger partial charge in [0.2, 0.25) is 0 Å². The van der Waals surface area contributed by atoms with Gasteiger partial charge in [0.15, 0.2) is 6.61 Å². The van der Waals surface area contributed by atoms with E-state index in [1.165, 1.54) is 0 Å². The number of furan rings is 1. The molecule has 1 aliphatic rings. The first-order valence-electron chi connectivity index (χ1n) is 6.97. The summed E-state index contributed by atoms with van der Waals surface area (Å²) in [6, 6.07) is 9.89. The molecule has 0 bridgehead atoms. The molecular weight excluding hydrogens is 268 g/mol. The average Bonchev–Trinajstić information content (AvgIpc) is 2.89. The van der Waals surface area contributed by atoms with Crippen LogP contribution in [0.2, 0.25) is 0 Å². The first-order chi connectivity index (χ1) is 10.1. The molecule has 2 N–H and O–H groups in total. The highest BCUT2D eigenvalue weighted by molar-refractivity contribution is 5.95. The van der Waals surface area contributed by atoms with Crippen molar-refractivity contribution in [2.45, 2.75) is 26.4 Å². The van der Waals surface area contributed by atoms with Crippen molar-refractivity contribution in [1.82, 2.24) is 5.32 Å². The Morgan fingerprint density at radius 1 is 1.33 bits per heavy atom. The van der Waals surface area contributed by atoms with Crippen LogP contribution in [0.25, 0.3) is 0 Å². The molecule has 5 nitrogen and oxygen atoms in total. The summed E-state index contributed by atoms with van der Waals surface area (Å²) >= 11 is 0. The van der Waals surface area contributed by atoms with Crippen LogP contribution in [0.4, 0.5) is 5.69 Å². The number of carbonyl (C=O) groups excluding carboxylic acids is 1. The Morgan fingerprint density at radius 3 is 2.95 bits per heavy atom. The third-order valence-electron chi connectivity index (χ3n) is 3.51. The molecule has 2 aromatic rings. The van der Waals surface area contributed by atoms with E-state index in [1.807, 2.05) is 37.3 Å². The van der Waals surface area contributed by atoms with Crippen LogP contribution >= 0.6 is 0 Å². The number of carbonyl (C=O) groups is 1. The molecule has 1 aliphatic heterocycles. The van der Waals surface area contributed by atoms with Crippen LogP contribution in [0.5, 0.6) is 5.75 Å². The molecule has 0 saturated carbocycles. The lowest BCUT2D eigenvalue weighted by Crippen LogP contribution is -2.26. The molecule has 0 saturated heterocycles. The molecule has 3 rings (SSSR count). The minimum absolute atomic E-state index is 0.0813. The van der Waals surface area contributed by atoms with Crippen molar-refractivity contribution in [2.24, 2.45) is 0 Å². The largest absolute Gasteiger partial charge is 0.482 e. The minimum atomic E-state index is -0.119. The highest BCUT2D eigenvalue weighted by Crippen LogP contribution is 2.30. The molecule has 0 radical (unpaired) electrons. The second-order valence-electron chi connectivity index (χ2n) is 5.21. The van der Waals surface area contributed by atoms with Crippen molar-refractivity contribution < 1.29 is 13.9 Å². The molecule has 0 fully saturated rings. The van der Waals surface area contributed by atoms with Crippen LogP contribution in [0.1, 0.15) is 30.0 Å². The third kappa shape index (κ3) is 3.08. The van der Waals surface area contributed by atoms with Crippen molar-refractivity contribution in [3.8, 4) is 5.75 Å². The van der Waals surface area contributed by atoms with Crippen LogP contribution < -0.4 is 15.4 Å². The maximum atomic E-state index is 11.4. The second kappa shape index (κ2) is 5.61. The highest BCUT2D eigenvalue weighted by Gasteiger charge is 2.17. The topological polar surface area (TPSA) is 63.5 Å². The molecular formula is C16H18N2O3. The van der Waals surface area contributed by atoms with Gasteiger partial charge in [-0.25, -0.2) is 0 Å². The molecule has 1 amide bonds. The number of anilines is 1. The first-order valence-corrected chi connectivity index (χ1v) is 6.97. The van der Waals surface area contributed by atoms with Gasteiger partial charge in [-0.1, -0.05) is 6.07 Å². The Bertz CT molecular complexity index is 663. The molecule has 21 heavy (non-hydrogen) atoms. The maximum Gasteiger partial charge on any atom is 0.262 e. The van der Waals surface area contributed by atoms with Crippen LogP contribution in [-0.2, 0) is 11.3 Å². The predicted molar refractivity (Wildman–Crippen MR) is 79.3 cm³/mol. The number of hydrogen-bond donors (Lipinski definition) is 2. The number of amides is 1. The van der Waals surface area contributed by atoms with E-state index in [-0.39, 0.29) is 18.6 Å². The van der Waals surface area contributed by atoms with Crippen molar-refractivity contribution in [1.29, 1.82) is 0 Å². The lowest BCUT2D eigenvalue weighted by molar-refractivity contribution is -0.118. The number of ether oxygens (including phenoxy) is 1. The summed E-state index contributed by atoms with van der Waals surface area (Å²) in [5.74, 6) is 2.42. The summed E-state index contributed by atoms with van der Waals surface area (Å²) in [4.78, 5) is 11.4. The summed E-state index contributed by atoms with van der Waals surface area (Å²) in [5.41, 5.74) is 1.81. The molecule has 0 aliphatic carbocycles. The van der Waals surface area contributed by atoms with Crippen molar-refractivity contribution in [2.75, 3.05) is 11.9 Å². The summed E-state index contributed by atoms with van der Waals surface area (Å²) in [6.07, 6.45) is 0. The van der Waals surface area contributed by atoms with E-state index in [1.54, 1.807) is 0 Å². The predicted octanol–water partition coefficient (Wildman–Crippen LogP) is 2.77. The number of benzene rings is 1. The highest BCUT2D eigenvalue weighted by atomic mass is 16.5. The number of nitrogens with one attached hydrogen (secondary N) is 2. The molecule has 0 spiro atoms. The van der Waals surface area contributed by atoms with Crippen LogP contribution in [0, 0.1) is 6.92 Å². The Hall–Kier alpha value is -2.27. The fourth-order valence-electron chi connectivity index (χ4n) is 2.32. The standard InChI is InChI=1S/C16H18N2O3/c1-10-3-5-13(21-10)8-17-11(2)12-4-6-15-14(7-12)18-16(19)9-20-15/h3-7,11,17H,8-9H2,1-2H3,(H,18,19)/t11-/m0/s1. The number of aryl methyl sites for hydroxylation is 1. The number of rotatable bonds is 4. The summed E-state index contributed by atoms with van der Waals surface area (Å²) in [5, 5.41) is 6.22. The van der Waals surface area contributed by atoms with Crippen molar-refractivity contribution in [3.63, 3.8) is 0 Å². The lowest BCUT2D eigenvalue weighted by atomic mass is 10.1. The van der Waals surface area contributed by atoms with E-state index in [9.17, 15) is 4.79 Å². The van der Waals surface area contributed by atoms with Gasteiger partial charge in [0.25, 0.3) is 5.91 Å². The number of hydrogen-bond acceptors (Lipinski definition) is 4. The molecule has 1 aromatic carbocycles. The third-order valence-corrected chi connectivity index (χ3v) is 3.51. The van der Waals surface area contributed by atoms with Gasteiger partial charge in [-0.2, -0.15) is 0 Å². The molecule has 2 heterocycles. The minimum Gasteiger partial charge on any atom is -0.482 e. The van der Waals surface area contributed by atoms with Gasteiger partial charge in [0.1, 0.15) is 17.3 Å². The van der Waals surface area contributed by atoms with E-state index in [0.717, 1.165) is 22.8 Å². The lowest BCUT2D eigenvalue weighted by Gasteiger charge is -2.20. The van der Waals surface area contributed by atoms with E-state index in [0.29, 0.717) is 12.3 Å². The molecule has 1 aromatic heterocycles. The molecule has 0 unspecified atom stereocenters. The zero-order chi connectivity index (χ0) is 14.8. The van der Waals surface area contributed by atoms with Gasteiger partial charge in [-0.05, 0) is 43.7 Å². The smallest absolute Gasteiger partial charge is 0.262 e. The van der Waals surface area contributed by atoms with E-state index < -0.39 is 0 Å². The summed E-state index contributed by atoms with van der Waals surface area (Å²) in [7, 11) is 0. The Labute approximate surface area is 123 Å². The monoisotopic (exact) mass is 286 g/mol. The first kappa shape index (κ1) is 13.7. The van der Waals surface area contributed by atoms with Gasteiger partial charge in [0, 0.05) is 6.04 Å². The SMILES string of the molecule is Cc1ccc(CN[C@@H](C)c2ccc3c(c2)NC(=O)CO3)o1. The van der Waals surface area contributed by atoms with Gasteiger partial charge in [0.05, 0.1) is 12.2 Å². The van der Waals surface area contributed by atoms with Gasteiger partial charge < -0.3 is 19.8 Å². The fraction of sp³-hybridized carbons (Fsp3) is 0.312. The zero-order valence-electron chi connectivity index (χ0n) is 12.1. The second-order valence-corrected chi connectivity index (χ2v) is 5.21.